The van der Waals surface area contributed by atoms with Gasteiger partial charge in [-0.2, -0.15) is 0 Å². The van der Waals surface area contributed by atoms with E-state index in [0.29, 0.717) is 0 Å². The maximum absolute atomic E-state index is 6.03. The molecule has 0 aliphatic carbocycles. The molecule has 11 heavy (non-hydrogen) atoms. The third-order valence-corrected chi connectivity index (χ3v) is 3.86. The fourth-order valence-electron chi connectivity index (χ4n) is 0.973. The van der Waals surface area contributed by atoms with E-state index in [-0.39, 0.29) is 0 Å². The molecule has 0 N–H and O–H groups in total. The molecular weight excluding hydrogens is 244 g/mol. The lowest BCUT2D eigenvalue weighted by Crippen LogP contribution is -1.67. The number of thiophene rings is 1. The first-order valence-corrected chi connectivity index (χ1v) is 5.15. The van der Waals surface area contributed by atoms with Crippen LogP contribution in [0.1, 0.15) is 0 Å². The molecule has 0 radical (unpaired) electrons. The van der Waals surface area contributed by atoms with E-state index >= 15 is 0 Å². The molecular formula is C8H4BrClS. The molecule has 56 valence electrons. The van der Waals surface area contributed by atoms with E-state index in [1.54, 1.807) is 11.3 Å². The Morgan fingerprint density at radius 1 is 1.27 bits per heavy atom. The average molecular weight is 248 g/mol. The van der Waals surface area contributed by atoms with Gasteiger partial charge in [0.25, 0.3) is 0 Å². The minimum Gasteiger partial charge on any atom is -0.142 e. The Morgan fingerprint density at radius 2 is 2.09 bits per heavy atom. The number of fused-ring (bicyclic) bond motifs is 1. The quantitative estimate of drug-likeness (QED) is 0.650. The Bertz CT molecular complexity index is 394. The molecule has 2 aromatic rings. The molecule has 1 aromatic heterocycles. The first-order valence-electron chi connectivity index (χ1n) is 3.10. The van der Waals surface area contributed by atoms with Crippen LogP contribution in [0.5, 0.6) is 0 Å². The molecule has 3 heteroatoms. The second-order valence-electron chi connectivity index (χ2n) is 2.20. The van der Waals surface area contributed by atoms with E-state index in [1.807, 2.05) is 11.4 Å². The maximum atomic E-state index is 6.03. The smallest absolute Gasteiger partial charge is 0.0726 e. The molecule has 2 rings (SSSR count). The normalized spacial score (nSPS) is 10.7. The zero-order valence-electron chi connectivity index (χ0n) is 5.47. The Kier molecular flexibility index (Phi) is 1.91. The molecule has 1 heterocycles. The summed E-state index contributed by atoms with van der Waals surface area (Å²) >= 11 is 11.1. The van der Waals surface area contributed by atoms with Gasteiger partial charge in [0.1, 0.15) is 0 Å². The average Bonchev–Trinajstić information content (AvgIpc) is 2.45. The zero-order chi connectivity index (χ0) is 7.84. The molecule has 0 unspecified atom stereocenters. The fraction of sp³-hybridized carbons (Fsp3) is 0. The highest BCUT2D eigenvalue weighted by molar-refractivity contribution is 9.10. The second kappa shape index (κ2) is 2.77. The van der Waals surface area contributed by atoms with E-state index in [2.05, 4.69) is 28.1 Å². The summed E-state index contributed by atoms with van der Waals surface area (Å²) in [5, 5.41) is 4.07. The van der Waals surface area contributed by atoms with Gasteiger partial charge in [0.2, 0.25) is 0 Å². The van der Waals surface area contributed by atoms with Gasteiger partial charge in [0, 0.05) is 4.47 Å². The highest BCUT2D eigenvalue weighted by Crippen LogP contribution is 2.34. The lowest BCUT2D eigenvalue weighted by Gasteiger charge is -1.95. The van der Waals surface area contributed by atoms with Crippen LogP contribution in [0.25, 0.3) is 10.1 Å². The SMILES string of the molecule is Clc1c(Br)ccc2ccsc12. The van der Waals surface area contributed by atoms with E-state index in [1.165, 1.54) is 5.39 Å². The van der Waals surface area contributed by atoms with Crippen LogP contribution >= 0.6 is 38.9 Å². The highest BCUT2D eigenvalue weighted by atomic mass is 79.9. The Morgan fingerprint density at radius 3 is 2.91 bits per heavy atom. The van der Waals surface area contributed by atoms with Gasteiger partial charge in [-0.3, -0.25) is 0 Å². The van der Waals surface area contributed by atoms with Crippen LogP contribution in [0.2, 0.25) is 5.02 Å². The summed E-state index contributed by atoms with van der Waals surface area (Å²) in [5.41, 5.74) is 0. The van der Waals surface area contributed by atoms with E-state index in [0.717, 1.165) is 14.2 Å². The van der Waals surface area contributed by atoms with Gasteiger partial charge in [0.15, 0.2) is 0 Å². The van der Waals surface area contributed by atoms with E-state index in [4.69, 9.17) is 11.6 Å². The van der Waals surface area contributed by atoms with Crippen LogP contribution in [0.3, 0.4) is 0 Å². The number of hydrogen-bond donors (Lipinski definition) is 0. The predicted octanol–water partition coefficient (Wildman–Crippen LogP) is 4.32. The molecule has 0 aliphatic heterocycles. The fourth-order valence-corrected chi connectivity index (χ4v) is 2.58. The van der Waals surface area contributed by atoms with Crippen molar-refractivity contribution in [2.24, 2.45) is 0 Å². The van der Waals surface area contributed by atoms with E-state index in [9.17, 15) is 0 Å². The third-order valence-electron chi connectivity index (χ3n) is 1.51. The maximum Gasteiger partial charge on any atom is 0.0726 e. The van der Waals surface area contributed by atoms with Crippen LogP contribution in [0, 0.1) is 0 Å². The summed E-state index contributed by atoms with van der Waals surface area (Å²) in [6, 6.07) is 6.09. The van der Waals surface area contributed by atoms with Crippen molar-refractivity contribution in [3.8, 4) is 0 Å². The topological polar surface area (TPSA) is 0 Å². The van der Waals surface area contributed by atoms with Crippen molar-refractivity contribution in [1.82, 2.24) is 0 Å². The molecule has 0 fully saturated rings. The van der Waals surface area contributed by atoms with Crippen LogP contribution in [-0.2, 0) is 0 Å². The van der Waals surface area contributed by atoms with Crippen LogP contribution in [0.15, 0.2) is 28.1 Å². The first kappa shape index (κ1) is 7.59. The molecule has 0 aliphatic rings. The summed E-state index contributed by atoms with van der Waals surface area (Å²) in [5.74, 6) is 0. The predicted molar refractivity (Wildman–Crippen MR) is 54.5 cm³/mol. The molecule has 1 aromatic carbocycles. The number of benzene rings is 1. The Hall–Kier alpha value is -0.0500. The van der Waals surface area contributed by atoms with Crippen LogP contribution in [-0.4, -0.2) is 0 Å². The molecule has 0 saturated heterocycles. The van der Waals surface area contributed by atoms with Crippen molar-refractivity contribution in [3.05, 3.63) is 33.1 Å². The van der Waals surface area contributed by atoms with Crippen LogP contribution < -0.4 is 0 Å². The Labute approximate surface area is 81.9 Å². The summed E-state index contributed by atoms with van der Waals surface area (Å²) in [4.78, 5) is 0. The van der Waals surface area contributed by atoms with E-state index < -0.39 is 0 Å². The molecule has 0 saturated carbocycles. The second-order valence-corrected chi connectivity index (χ2v) is 4.35. The number of hydrogen-bond acceptors (Lipinski definition) is 1. The van der Waals surface area contributed by atoms with Crippen LogP contribution in [0.4, 0.5) is 0 Å². The monoisotopic (exact) mass is 246 g/mol. The molecule has 0 amide bonds. The van der Waals surface area contributed by atoms with Crippen molar-refractivity contribution in [3.63, 3.8) is 0 Å². The van der Waals surface area contributed by atoms with Gasteiger partial charge < -0.3 is 0 Å². The van der Waals surface area contributed by atoms with Crippen molar-refractivity contribution in [2.45, 2.75) is 0 Å². The zero-order valence-corrected chi connectivity index (χ0v) is 8.63. The molecule has 0 spiro atoms. The van der Waals surface area contributed by atoms with Gasteiger partial charge in [-0.05, 0) is 38.8 Å². The summed E-state index contributed by atoms with van der Waals surface area (Å²) < 4.78 is 2.12. The minimum atomic E-state index is 0.817. The molecule has 0 atom stereocenters. The lowest BCUT2D eigenvalue weighted by atomic mass is 10.3. The molecule has 0 nitrogen and oxygen atoms in total. The van der Waals surface area contributed by atoms with Gasteiger partial charge in [-0.15, -0.1) is 11.3 Å². The lowest BCUT2D eigenvalue weighted by molar-refractivity contribution is 1.76. The minimum absolute atomic E-state index is 0.817. The van der Waals surface area contributed by atoms with Gasteiger partial charge in [-0.1, -0.05) is 17.7 Å². The standard InChI is InChI=1S/C8H4BrClS/c9-6-2-1-5-3-4-11-8(5)7(6)10/h1-4H. The van der Waals surface area contributed by atoms with Gasteiger partial charge >= 0.3 is 0 Å². The van der Waals surface area contributed by atoms with Gasteiger partial charge in [0.05, 0.1) is 9.72 Å². The highest BCUT2D eigenvalue weighted by Gasteiger charge is 2.02. The first-order chi connectivity index (χ1) is 5.29. The third kappa shape index (κ3) is 1.19. The summed E-state index contributed by atoms with van der Waals surface area (Å²) in [6.07, 6.45) is 0. The van der Waals surface area contributed by atoms with Crippen molar-refractivity contribution >= 4 is 49.0 Å². The number of halogens is 2. The van der Waals surface area contributed by atoms with Crippen molar-refractivity contribution in [1.29, 1.82) is 0 Å². The van der Waals surface area contributed by atoms with Crippen molar-refractivity contribution in [2.75, 3.05) is 0 Å². The van der Waals surface area contributed by atoms with Crippen molar-refractivity contribution < 1.29 is 0 Å². The number of rotatable bonds is 0. The summed E-state index contributed by atoms with van der Waals surface area (Å²) in [7, 11) is 0. The Balaban J connectivity index is 2.93. The largest absolute Gasteiger partial charge is 0.142 e. The molecule has 0 bridgehead atoms. The van der Waals surface area contributed by atoms with Gasteiger partial charge in [-0.25, -0.2) is 0 Å². The summed E-state index contributed by atoms with van der Waals surface area (Å²) in [6.45, 7) is 0.